The Balaban J connectivity index is 2.74. The fourth-order valence-electron chi connectivity index (χ4n) is 1.42. The van der Waals surface area contributed by atoms with Gasteiger partial charge < -0.3 is 16.0 Å². The van der Waals surface area contributed by atoms with Gasteiger partial charge in [-0.1, -0.05) is 0 Å². The van der Waals surface area contributed by atoms with Gasteiger partial charge in [0.2, 0.25) is 5.91 Å². The molecule has 0 unspecified atom stereocenters. The van der Waals surface area contributed by atoms with Crippen molar-refractivity contribution in [2.75, 3.05) is 25.9 Å². The van der Waals surface area contributed by atoms with Crippen molar-refractivity contribution in [3.63, 3.8) is 0 Å². The van der Waals surface area contributed by atoms with E-state index in [1.807, 2.05) is 0 Å². The van der Waals surface area contributed by atoms with Crippen LogP contribution in [0.3, 0.4) is 0 Å². The van der Waals surface area contributed by atoms with Crippen molar-refractivity contribution in [1.29, 1.82) is 0 Å². The Hall–Kier alpha value is -2.11. The molecule has 18 heavy (non-hydrogen) atoms. The molecule has 1 rings (SSSR count). The molecule has 0 saturated heterocycles. The third-order valence-electron chi connectivity index (χ3n) is 2.35. The van der Waals surface area contributed by atoms with E-state index in [4.69, 9.17) is 5.73 Å². The van der Waals surface area contributed by atoms with E-state index < -0.39 is 11.7 Å². The van der Waals surface area contributed by atoms with E-state index in [1.54, 1.807) is 6.92 Å². The molecule has 98 valence electrons. The van der Waals surface area contributed by atoms with Gasteiger partial charge in [-0.3, -0.25) is 9.59 Å². The predicted molar refractivity (Wildman–Crippen MR) is 66.5 cm³/mol. The van der Waals surface area contributed by atoms with Crippen molar-refractivity contribution in [2.45, 2.75) is 6.92 Å². The third-order valence-corrected chi connectivity index (χ3v) is 2.35. The molecule has 0 aliphatic heterocycles. The van der Waals surface area contributed by atoms with Crippen molar-refractivity contribution >= 4 is 17.5 Å². The van der Waals surface area contributed by atoms with E-state index in [2.05, 4.69) is 5.32 Å². The lowest BCUT2D eigenvalue weighted by Gasteiger charge is -2.16. The number of rotatable bonds is 4. The van der Waals surface area contributed by atoms with Gasteiger partial charge in [0, 0.05) is 19.2 Å². The van der Waals surface area contributed by atoms with Crippen LogP contribution in [-0.4, -0.2) is 36.9 Å². The zero-order valence-corrected chi connectivity index (χ0v) is 10.4. The molecule has 1 aromatic rings. The largest absolute Gasteiger partial charge is 0.396 e. The minimum Gasteiger partial charge on any atom is -0.396 e. The number of nitrogens with zero attached hydrogens (tertiary/aromatic N) is 1. The first-order valence-corrected chi connectivity index (χ1v) is 5.53. The standard InChI is InChI=1S/C12H16FN3O2/c1-3-15-11(17)7-16(2)12(18)8-4-5-10(14)9(13)6-8/h4-6H,3,7,14H2,1-2H3,(H,15,17). The van der Waals surface area contributed by atoms with Crippen molar-refractivity contribution in [3.05, 3.63) is 29.6 Å². The van der Waals surface area contributed by atoms with Crippen LogP contribution >= 0.6 is 0 Å². The molecule has 0 aliphatic rings. The molecule has 0 atom stereocenters. The molecule has 0 bridgehead atoms. The monoisotopic (exact) mass is 253 g/mol. The summed E-state index contributed by atoms with van der Waals surface area (Å²) in [6, 6.07) is 3.81. The number of carbonyl (C=O) groups is 2. The van der Waals surface area contributed by atoms with Crippen LogP contribution in [0.2, 0.25) is 0 Å². The van der Waals surface area contributed by atoms with Crippen LogP contribution in [0, 0.1) is 5.82 Å². The lowest BCUT2D eigenvalue weighted by molar-refractivity contribution is -0.121. The summed E-state index contributed by atoms with van der Waals surface area (Å²) in [5.41, 5.74) is 5.47. The number of amides is 2. The van der Waals surface area contributed by atoms with Gasteiger partial charge >= 0.3 is 0 Å². The first-order chi connectivity index (χ1) is 8.45. The maximum atomic E-state index is 13.2. The van der Waals surface area contributed by atoms with Crippen LogP contribution in [-0.2, 0) is 4.79 Å². The van der Waals surface area contributed by atoms with Crippen molar-refractivity contribution in [1.82, 2.24) is 10.2 Å². The van der Waals surface area contributed by atoms with Gasteiger partial charge in [-0.25, -0.2) is 4.39 Å². The normalized spacial score (nSPS) is 9.94. The van der Waals surface area contributed by atoms with Gasteiger partial charge in [0.05, 0.1) is 12.2 Å². The zero-order chi connectivity index (χ0) is 13.7. The van der Waals surface area contributed by atoms with E-state index in [9.17, 15) is 14.0 Å². The minimum atomic E-state index is -0.646. The third kappa shape index (κ3) is 3.44. The fourth-order valence-corrected chi connectivity index (χ4v) is 1.42. The van der Waals surface area contributed by atoms with E-state index >= 15 is 0 Å². The van der Waals surface area contributed by atoms with E-state index in [0.717, 1.165) is 6.07 Å². The molecule has 1 aromatic carbocycles. The Labute approximate surface area is 105 Å². The Morgan fingerprint density at radius 2 is 2.11 bits per heavy atom. The average Bonchev–Trinajstić information content (AvgIpc) is 2.32. The molecule has 0 heterocycles. The van der Waals surface area contributed by atoms with E-state index in [1.165, 1.54) is 24.1 Å². The van der Waals surface area contributed by atoms with Crippen LogP contribution in [0.1, 0.15) is 17.3 Å². The minimum absolute atomic E-state index is 0.0158. The molecule has 3 N–H and O–H groups in total. The summed E-state index contributed by atoms with van der Waals surface area (Å²) in [4.78, 5) is 24.4. The Kier molecular flexibility index (Phi) is 4.65. The second kappa shape index (κ2) is 6.00. The number of benzene rings is 1. The van der Waals surface area contributed by atoms with Crippen LogP contribution in [0.4, 0.5) is 10.1 Å². The molecule has 5 nitrogen and oxygen atoms in total. The smallest absolute Gasteiger partial charge is 0.254 e. The van der Waals surface area contributed by atoms with Crippen molar-refractivity contribution < 1.29 is 14.0 Å². The number of hydrogen-bond donors (Lipinski definition) is 2. The zero-order valence-electron chi connectivity index (χ0n) is 10.4. The number of carbonyl (C=O) groups excluding carboxylic acids is 2. The Morgan fingerprint density at radius 1 is 1.44 bits per heavy atom. The van der Waals surface area contributed by atoms with Crippen molar-refractivity contribution in [3.8, 4) is 0 Å². The molecular formula is C12H16FN3O2. The second-order valence-electron chi connectivity index (χ2n) is 3.85. The lowest BCUT2D eigenvalue weighted by Crippen LogP contribution is -2.38. The van der Waals surface area contributed by atoms with Crippen LogP contribution < -0.4 is 11.1 Å². The van der Waals surface area contributed by atoms with Crippen LogP contribution in [0.5, 0.6) is 0 Å². The first-order valence-electron chi connectivity index (χ1n) is 5.53. The van der Waals surface area contributed by atoms with Crippen LogP contribution in [0.25, 0.3) is 0 Å². The molecule has 0 radical (unpaired) electrons. The molecule has 0 saturated carbocycles. The summed E-state index contributed by atoms with van der Waals surface area (Å²) in [7, 11) is 1.48. The number of hydrogen-bond acceptors (Lipinski definition) is 3. The number of nitrogens with two attached hydrogens (primary N) is 1. The number of anilines is 1. The second-order valence-corrected chi connectivity index (χ2v) is 3.85. The molecule has 0 spiro atoms. The van der Waals surface area contributed by atoms with E-state index in [-0.39, 0.29) is 23.7 Å². The highest BCUT2D eigenvalue weighted by Gasteiger charge is 2.15. The number of nitrogen functional groups attached to an aromatic ring is 1. The average molecular weight is 253 g/mol. The highest BCUT2D eigenvalue weighted by molar-refractivity contribution is 5.96. The summed E-state index contributed by atoms with van der Waals surface area (Å²) < 4.78 is 13.2. The quantitative estimate of drug-likeness (QED) is 0.772. The van der Waals surface area contributed by atoms with Gasteiger partial charge in [-0.15, -0.1) is 0 Å². The van der Waals surface area contributed by atoms with Crippen molar-refractivity contribution in [2.24, 2.45) is 0 Å². The highest BCUT2D eigenvalue weighted by Crippen LogP contribution is 2.13. The predicted octanol–water partition coefficient (Wildman–Crippen LogP) is 0.616. The maximum Gasteiger partial charge on any atom is 0.254 e. The molecule has 0 fully saturated rings. The van der Waals surface area contributed by atoms with E-state index in [0.29, 0.717) is 6.54 Å². The summed E-state index contributed by atoms with van der Waals surface area (Å²) in [5.74, 6) is -1.34. The molecule has 0 aromatic heterocycles. The fraction of sp³-hybridized carbons (Fsp3) is 0.333. The SMILES string of the molecule is CCNC(=O)CN(C)C(=O)c1ccc(N)c(F)c1. The Morgan fingerprint density at radius 3 is 2.67 bits per heavy atom. The summed E-state index contributed by atoms with van der Waals surface area (Å²) >= 11 is 0. The molecular weight excluding hydrogens is 237 g/mol. The highest BCUT2D eigenvalue weighted by atomic mass is 19.1. The number of nitrogens with one attached hydrogen (secondary N) is 1. The molecule has 6 heteroatoms. The summed E-state index contributed by atoms with van der Waals surface area (Å²) in [5, 5.41) is 2.58. The summed E-state index contributed by atoms with van der Waals surface area (Å²) in [6.45, 7) is 2.21. The topological polar surface area (TPSA) is 75.4 Å². The van der Waals surface area contributed by atoms with Gasteiger partial charge in [0.1, 0.15) is 5.82 Å². The lowest BCUT2D eigenvalue weighted by atomic mass is 10.1. The van der Waals surface area contributed by atoms with Crippen LogP contribution in [0.15, 0.2) is 18.2 Å². The van der Waals surface area contributed by atoms with Gasteiger partial charge in [0.15, 0.2) is 0 Å². The molecule has 2 amide bonds. The number of halogens is 1. The van der Waals surface area contributed by atoms with Gasteiger partial charge in [0.25, 0.3) is 5.91 Å². The Bertz CT molecular complexity index is 463. The maximum absolute atomic E-state index is 13.2. The molecule has 0 aliphatic carbocycles. The van der Waals surface area contributed by atoms with Gasteiger partial charge in [-0.2, -0.15) is 0 Å². The van der Waals surface area contributed by atoms with Gasteiger partial charge in [-0.05, 0) is 25.1 Å². The summed E-state index contributed by atoms with van der Waals surface area (Å²) in [6.07, 6.45) is 0. The first kappa shape index (κ1) is 14.0. The number of likely N-dealkylation sites (N-methyl/N-ethyl adjacent to an activating group) is 2.